The Morgan fingerprint density at radius 1 is 0.355 bits per heavy atom. The Kier molecular flexibility index (Phi) is 47.0. The third-order valence-corrected chi connectivity index (χ3v) is 10.4. The van der Waals surface area contributed by atoms with Gasteiger partial charge in [0.15, 0.2) is 6.10 Å². The maximum absolute atomic E-state index is 12.8. The number of unbranched alkanes of at least 4 members (excludes halogenated alkanes) is 19. The van der Waals surface area contributed by atoms with Crippen LogP contribution in [0.15, 0.2) is 97.2 Å². The van der Waals surface area contributed by atoms with E-state index in [1.807, 2.05) is 0 Å². The lowest BCUT2D eigenvalue weighted by Gasteiger charge is -2.18. The van der Waals surface area contributed by atoms with Gasteiger partial charge in [0.25, 0.3) is 0 Å². The summed E-state index contributed by atoms with van der Waals surface area (Å²) in [4.78, 5) is 37.9. The van der Waals surface area contributed by atoms with Gasteiger partial charge in [-0.05, 0) is 103 Å². The quantitative estimate of drug-likeness (QED) is 0.0200. The number of carbonyl (C=O) groups excluding carboxylic acids is 3. The second-order valence-electron chi connectivity index (χ2n) is 16.4. The van der Waals surface area contributed by atoms with E-state index < -0.39 is 6.10 Å². The summed E-state index contributed by atoms with van der Waals surface area (Å²) in [5, 5.41) is 0. The van der Waals surface area contributed by atoms with Gasteiger partial charge in [-0.25, -0.2) is 0 Å². The molecule has 0 aliphatic rings. The highest BCUT2D eigenvalue weighted by Gasteiger charge is 2.19. The van der Waals surface area contributed by atoms with Crippen LogP contribution in [0.1, 0.15) is 220 Å². The highest BCUT2D eigenvalue weighted by atomic mass is 16.6. The molecule has 1 unspecified atom stereocenters. The van der Waals surface area contributed by atoms with Crippen LogP contribution in [-0.2, 0) is 28.6 Å². The molecular weight excluding hydrogens is 769 g/mol. The summed E-state index contributed by atoms with van der Waals surface area (Å²) in [6.07, 6.45) is 65.3. The molecule has 62 heavy (non-hydrogen) atoms. The number of ether oxygens (including phenoxy) is 3. The van der Waals surface area contributed by atoms with Crippen LogP contribution in [0, 0.1) is 0 Å². The molecule has 0 bridgehead atoms. The molecule has 0 saturated heterocycles. The van der Waals surface area contributed by atoms with E-state index in [2.05, 4.69) is 118 Å². The lowest BCUT2D eigenvalue weighted by Crippen LogP contribution is -2.30. The van der Waals surface area contributed by atoms with Crippen molar-refractivity contribution in [3.8, 4) is 0 Å². The second kappa shape index (κ2) is 50.0. The predicted octanol–water partition coefficient (Wildman–Crippen LogP) is 16.6. The van der Waals surface area contributed by atoms with Crippen LogP contribution in [0.5, 0.6) is 0 Å². The number of hydrogen-bond donors (Lipinski definition) is 0. The van der Waals surface area contributed by atoms with Gasteiger partial charge in [-0.3, -0.25) is 14.4 Å². The molecule has 0 aromatic heterocycles. The molecule has 0 heterocycles. The van der Waals surface area contributed by atoms with E-state index in [0.29, 0.717) is 19.3 Å². The molecule has 0 aliphatic heterocycles. The van der Waals surface area contributed by atoms with Crippen LogP contribution >= 0.6 is 0 Å². The summed E-state index contributed by atoms with van der Waals surface area (Å²) in [5.41, 5.74) is 0. The average molecular weight is 861 g/mol. The maximum atomic E-state index is 12.8. The standard InChI is InChI=1S/C56H92O6/c1-4-7-10-13-16-19-22-25-27-28-29-32-34-37-40-43-46-49-55(58)61-52-53(51-60-54(57)48-45-42-39-36-33-30-24-21-18-15-12-9-6-3)62-56(59)50-47-44-41-38-35-31-26-23-20-17-14-11-8-5-2/h8-9,11-12,15-21,24-27,31,53H,4-7,10,13-14,22-23,28-30,32-52H2,1-3H3/b11-8+,12-9+,18-15+,19-16+,20-17+,24-21+,27-25+,31-26+. The van der Waals surface area contributed by atoms with Gasteiger partial charge in [-0.2, -0.15) is 0 Å². The van der Waals surface area contributed by atoms with Crippen LogP contribution in [0.3, 0.4) is 0 Å². The normalized spacial score (nSPS) is 12.9. The van der Waals surface area contributed by atoms with Crippen molar-refractivity contribution in [2.24, 2.45) is 0 Å². The van der Waals surface area contributed by atoms with E-state index in [-0.39, 0.29) is 31.1 Å². The minimum Gasteiger partial charge on any atom is -0.462 e. The molecule has 0 aliphatic carbocycles. The topological polar surface area (TPSA) is 78.9 Å². The molecule has 0 rings (SSSR count). The largest absolute Gasteiger partial charge is 0.462 e. The summed E-state index contributed by atoms with van der Waals surface area (Å²) in [6, 6.07) is 0. The smallest absolute Gasteiger partial charge is 0.306 e. The maximum Gasteiger partial charge on any atom is 0.306 e. The molecule has 0 aromatic carbocycles. The van der Waals surface area contributed by atoms with Gasteiger partial charge >= 0.3 is 17.9 Å². The molecular formula is C56H92O6. The van der Waals surface area contributed by atoms with E-state index >= 15 is 0 Å². The second-order valence-corrected chi connectivity index (χ2v) is 16.4. The van der Waals surface area contributed by atoms with Gasteiger partial charge in [0.2, 0.25) is 0 Å². The minimum atomic E-state index is -0.801. The van der Waals surface area contributed by atoms with Gasteiger partial charge in [-0.1, -0.05) is 195 Å². The molecule has 352 valence electrons. The van der Waals surface area contributed by atoms with Gasteiger partial charge in [-0.15, -0.1) is 0 Å². The summed E-state index contributed by atoms with van der Waals surface area (Å²) in [6.45, 7) is 6.31. The SMILES string of the molecule is CC/C=C/C=C/C=C/CCCCCCCC(=O)OCC(COC(=O)CCCCCCCCC/C=C/C/C=C/CCCCC)OC(=O)CCCCCC/C=C/C/C=C/C/C=C/CC. The third-order valence-electron chi connectivity index (χ3n) is 10.4. The first-order valence-electron chi connectivity index (χ1n) is 25.3. The Labute approximate surface area is 381 Å². The van der Waals surface area contributed by atoms with Gasteiger partial charge in [0.05, 0.1) is 0 Å². The highest BCUT2D eigenvalue weighted by molar-refractivity contribution is 5.71. The van der Waals surface area contributed by atoms with Gasteiger partial charge in [0, 0.05) is 19.3 Å². The Morgan fingerprint density at radius 2 is 0.710 bits per heavy atom. The molecule has 0 fully saturated rings. The van der Waals surface area contributed by atoms with E-state index in [1.165, 1.54) is 51.4 Å². The molecule has 6 nitrogen and oxygen atoms in total. The monoisotopic (exact) mass is 861 g/mol. The molecule has 1 atom stereocenters. The average Bonchev–Trinajstić information content (AvgIpc) is 3.27. The van der Waals surface area contributed by atoms with E-state index in [0.717, 1.165) is 128 Å². The van der Waals surface area contributed by atoms with Crippen LogP contribution in [-0.4, -0.2) is 37.2 Å². The Bertz CT molecular complexity index is 1260. The minimum absolute atomic E-state index is 0.0990. The number of allylic oxidation sites excluding steroid dienone is 16. The summed E-state index contributed by atoms with van der Waals surface area (Å²) in [7, 11) is 0. The lowest BCUT2D eigenvalue weighted by atomic mass is 10.1. The van der Waals surface area contributed by atoms with Crippen molar-refractivity contribution in [2.45, 2.75) is 226 Å². The first-order valence-corrected chi connectivity index (χ1v) is 25.3. The van der Waals surface area contributed by atoms with E-state index in [9.17, 15) is 14.4 Å². The van der Waals surface area contributed by atoms with Crippen molar-refractivity contribution >= 4 is 17.9 Å². The van der Waals surface area contributed by atoms with Crippen molar-refractivity contribution in [1.29, 1.82) is 0 Å². The lowest BCUT2D eigenvalue weighted by molar-refractivity contribution is -0.167. The van der Waals surface area contributed by atoms with Gasteiger partial charge in [0.1, 0.15) is 13.2 Å². The fraction of sp³-hybridized carbons (Fsp3) is 0.661. The first kappa shape index (κ1) is 58.3. The Hall–Kier alpha value is -3.67. The Balaban J connectivity index is 4.46. The number of carbonyl (C=O) groups is 3. The molecule has 0 radical (unpaired) electrons. The zero-order chi connectivity index (χ0) is 45.1. The molecule has 6 heteroatoms. The first-order chi connectivity index (χ1) is 30.5. The predicted molar refractivity (Wildman–Crippen MR) is 265 cm³/mol. The zero-order valence-corrected chi connectivity index (χ0v) is 40.1. The number of esters is 3. The fourth-order valence-corrected chi connectivity index (χ4v) is 6.60. The summed E-state index contributed by atoms with van der Waals surface area (Å²) in [5.74, 6) is -0.954. The number of rotatable bonds is 44. The van der Waals surface area contributed by atoms with Crippen molar-refractivity contribution in [3.05, 3.63) is 97.2 Å². The van der Waals surface area contributed by atoms with Crippen LogP contribution < -0.4 is 0 Å². The summed E-state index contributed by atoms with van der Waals surface area (Å²) < 4.78 is 16.7. The van der Waals surface area contributed by atoms with Crippen LogP contribution in [0.2, 0.25) is 0 Å². The van der Waals surface area contributed by atoms with Crippen molar-refractivity contribution in [1.82, 2.24) is 0 Å². The molecule has 0 aromatic rings. The highest BCUT2D eigenvalue weighted by Crippen LogP contribution is 2.13. The van der Waals surface area contributed by atoms with Crippen LogP contribution in [0.4, 0.5) is 0 Å². The Morgan fingerprint density at radius 3 is 1.16 bits per heavy atom. The zero-order valence-electron chi connectivity index (χ0n) is 40.1. The van der Waals surface area contributed by atoms with Crippen molar-refractivity contribution < 1.29 is 28.6 Å². The molecule has 0 saturated carbocycles. The third kappa shape index (κ3) is 47.4. The molecule has 0 amide bonds. The fourth-order valence-electron chi connectivity index (χ4n) is 6.60. The van der Waals surface area contributed by atoms with Crippen molar-refractivity contribution in [3.63, 3.8) is 0 Å². The van der Waals surface area contributed by atoms with E-state index in [4.69, 9.17) is 14.2 Å². The summed E-state index contributed by atoms with van der Waals surface area (Å²) >= 11 is 0. The molecule has 0 spiro atoms. The van der Waals surface area contributed by atoms with E-state index in [1.54, 1.807) is 0 Å². The van der Waals surface area contributed by atoms with Crippen LogP contribution in [0.25, 0.3) is 0 Å². The van der Waals surface area contributed by atoms with Gasteiger partial charge < -0.3 is 14.2 Å². The molecule has 0 N–H and O–H groups in total. The van der Waals surface area contributed by atoms with Crippen molar-refractivity contribution in [2.75, 3.05) is 13.2 Å². The number of hydrogen-bond acceptors (Lipinski definition) is 6.